The predicted octanol–water partition coefficient (Wildman–Crippen LogP) is 1.40. The number of sulfonamides is 1. The average molecular weight is 374 g/mol. The Morgan fingerprint density at radius 2 is 1.92 bits per heavy atom. The van der Waals surface area contributed by atoms with Gasteiger partial charge in [-0.15, -0.1) is 11.3 Å². The van der Waals surface area contributed by atoms with Crippen LogP contribution in [0, 0.1) is 0 Å². The monoisotopic (exact) mass is 374 g/mol. The van der Waals surface area contributed by atoms with Crippen LogP contribution < -0.4 is 0 Å². The molecule has 1 aliphatic heterocycles. The first-order chi connectivity index (χ1) is 11.2. The largest absolute Gasteiger partial charge is 0.480 e. The van der Waals surface area contributed by atoms with Gasteiger partial charge in [-0.05, 0) is 31.9 Å². The highest BCUT2D eigenvalue weighted by Crippen LogP contribution is 2.27. The lowest BCUT2D eigenvalue weighted by molar-refractivity contribution is -0.147. The zero-order valence-corrected chi connectivity index (χ0v) is 15.4. The Morgan fingerprint density at radius 1 is 1.29 bits per heavy atom. The van der Waals surface area contributed by atoms with Gasteiger partial charge in [-0.25, -0.2) is 13.2 Å². The van der Waals surface area contributed by atoms with Gasteiger partial charge in [0.05, 0.1) is 6.42 Å². The number of rotatable bonds is 6. The summed E-state index contributed by atoms with van der Waals surface area (Å²) in [4.78, 5) is 24.8. The lowest BCUT2D eigenvalue weighted by Gasteiger charge is -2.25. The maximum absolute atomic E-state index is 12.6. The van der Waals surface area contributed by atoms with Crippen molar-refractivity contribution in [3.63, 3.8) is 0 Å². The zero-order chi connectivity index (χ0) is 17.9. The van der Waals surface area contributed by atoms with E-state index in [4.69, 9.17) is 5.11 Å². The van der Waals surface area contributed by atoms with E-state index >= 15 is 0 Å². The Morgan fingerprint density at radius 3 is 2.50 bits per heavy atom. The molecular formula is C15H22N2O5S2. The van der Waals surface area contributed by atoms with Gasteiger partial charge in [0.15, 0.2) is 0 Å². The van der Waals surface area contributed by atoms with Crippen LogP contribution in [-0.2, 0) is 26.0 Å². The van der Waals surface area contributed by atoms with Gasteiger partial charge in [0.2, 0.25) is 5.91 Å². The zero-order valence-electron chi connectivity index (χ0n) is 13.8. The van der Waals surface area contributed by atoms with Crippen molar-refractivity contribution in [1.29, 1.82) is 0 Å². The number of hydrogen-bond acceptors (Lipinski definition) is 5. The van der Waals surface area contributed by atoms with Gasteiger partial charge >= 0.3 is 5.97 Å². The lowest BCUT2D eigenvalue weighted by Crippen LogP contribution is -2.40. The molecule has 0 bridgehead atoms. The Hall–Kier alpha value is -1.45. The molecule has 1 N–H and O–H groups in total. The van der Waals surface area contributed by atoms with E-state index in [0.717, 1.165) is 35.5 Å². The maximum Gasteiger partial charge on any atom is 0.326 e. The minimum absolute atomic E-state index is 0.00565. The summed E-state index contributed by atoms with van der Waals surface area (Å²) in [5, 5.41) is 8.95. The number of thiophene rings is 1. The van der Waals surface area contributed by atoms with Gasteiger partial charge in [0, 0.05) is 25.0 Å². The summed E-state index contributed by atoms with van der Waals surface area (Å²) in [6.07, 6.45) is 2.78. The molecule has 2 heterocycles. The number of piperidine rings is 1. The first-order valence-electron chi connectivity index (χ1n) is 7.81. The Labute approximate surface area is 145 Å². The van der Waals surface area contributed by atoms with Crippen LogP contribution in [0.4, 0.5) is 0 Å². The number of carboxylic acid groups (broad SMARTS) is 1. The van der Waals surface area contributed by atoms with E-state index < -0.39 is 22.0 Å². The van der Waals surface area contributed by atoms with Crippen molar-refractivity contribution < 1.29 is 23.1 Å². The molecule has 1 aliphatic rings. The van der Waals surface area contributed by atoms with Crippen molar-refractivity contribution in [1.82, 2.24) is 9.21 Å². The predicted molar refractivity (Wildman–Crippen MR) is 90.5 cm³/mol. The van der Waals surface area contributed by atoms with E-state index in [0.29, 0.717) is 18.0 Å². The Bertz CT molecular complexity index is 707. The second kappa shape index (κ2) is 7.62. The van der Waals surface area contributed by atoms with E-state index in [1.54, 1.807) is 6.07 Å². The first-order valence-corrected chi connectivity index (χ1v) is 10.1. The summed E-state index contributed by atoms with van der Waals surface area (Å²) in [6.45, 7) is 2.50. The number of hydrogen-bond donors (Lipinski definition) is 1. The third-order valence-electron chi connectivity index (χ3n) is 4.20. The number of nitrogens with zero attached hydrogens (tertiary/aromatic N) is 2. The van der Waals surface area contributed by atoms with Crippen molar-refractivity contribution in [2.75, 3.05) is 20.1 Å². The number of amides is 1. The molecule has 2 rings (SSSR count). The van der Waals surface area contributed by atoms with Crippen molar-refractivity contribution in [3.8, 4) is 0 Å². The van der Waals surface area contributed by atoms with Crippen LogP contribution >= 0.6 is 11.3 Å². The number of aliphatic carboxylic acids is 1. The van der Waals surface area contributed by atoms with E-state index in [1.807, 2.05) is 0 Å². The Balaban J connectivity index is 2.07. The molecule has 1 unspecified atom stereocenters. The standard InChI is InChI=1S/C15H22N2O5S2/c1-11(15(19)20)16(2)13(18)10-12-6-7-14(23-12)24(21,22)17-8-4-3-5-9-17/h6-7,11H,3-5,8-10H2,1-2H3,(H,19,20). The number of carbonyl (C=O) groups excluding carboxylic acids is 1. The van der Waals surface area contributed by atoms with E-state index in [-0.39, 0.29) is 16.5 Å². The van der Waals surface area contributed by atoms with Gasteiger partial charge in [0.25, 0.3) is 10.0 Å². The van der Waals surface area contributed by atoms with Crippen LogP contribution in [0.25, 0.3) is 0 Å². The normalized spacial score (nSPS) is 17.4. The van der Waals surface area contributed by atoms with Gasteiger partial charge in [0.1, 0.15) is 10.3 Å². The third-order valence-corrected chi connectivity index (χ3v) is 7.65. The summed E-state index contributed by atoms with van der Waals surface area (Å²) in [6, 6.07) is 2.23. The molecule has 9 heteroatoms. The molecule has 24 heavy (non-hydrogen) atoms. The van der Waals surface area contributed by atoms with Gasteiger partial charge in [-0.1, -0.05) is 6.42 Å². The van der Waals surface area contributed by atoms with Crippen LogP contribution in [0.2, 0.25) is 0 Å². The molecular weight excluding hydrogens is 352 g/mol. The van der Waals surface area contributed by atoms with Crippen LogP contribution in [0.15, 0.2) is 16.3 Å². The summed E-state index contributed by atoms with van der Waals surface area (Å²) >= 11 is 1.07. The second-order valence-electron chi connectivity index (χ2n) is 5.88. The van der Waals surface area contributed by atoms with Gasteiger partial charge < -0.3 is 10.0 Å². The van der Waals surface area contributed by atoms with Crippen LogP contribution in [0.3, 0.4) is 0 Å². The molecule has 1 aromatic rings. The summed E-state index contributed by atoms with van der Waals surface area (Å²) in [5.74, 6) is -1.43. The molecule has 0 radical (unpaired) electrons. The fourth-order valence-electron chi connectivity index (χ4n) is 2.48. The minimum Gasteiger partial charge on any atom is -0.480 e. The maximum atomic E-state index is 12.6. The fourth-order valence-corrected chi connectivity index (χ4v) is 5.50. The highest BCUT2D eigenvalue weighted by molar-refractivity contribution is 7.91. The molecule has 0 saturated carbocycles. The average Bonchev–Trinajstić information content (AvgIpc) is 3.03. The number of likely N-dealkylation sites (N-methyl/N-ethyl adjacent to an activating group) is 1. The molecule has 1 atom stereocenters. The SMILES string of the molecule is CC(C(=O)O)N(C)C(=O)Cc1ccc(S(=O)(=O)N2CCCCC2)s1. The van der Waals surface area contributed by atoms with E-state index in [1.165, 1.54) is 24.3 Å². The smallest absolute Gasteiger partial charge is 0.326 e. The van der Waals surface area contributed by atoms with Crippen LogP contribution in [-0.4, -0.2) is 60.8 Å². The lowest BCUT2D eigenvalue weighted by atomic mass is 10.2. The highest BCUT2D eigenvalue weighted by Gasteiger charge is 2.28. The fraction of sp³-hybridized carbons (Fsp3) is 0.600. The summed E-state index contributed by atoms with van der Waals surface area (Å²) in [7, 11) is -2.06. The number of carbonyl (C=O) groups is 2. The highest BCUT2D eigenvalue weighted by atomic mass is 32.2. The molecule has 0 spiro atoms. The summed E-state index contributed by atoms with van der Waals surface area (Å²) < 4.78 is 26.9. The quantitative estimate of drug-likeness (QED) is 0.812. The molecule has 7 nitrogen and oxygen atoms in total. The third kappa shape index (κ3) is 4.14. The molecule has 134 valence electrons. The molecule has 0 aromatic carbocycles. The molecule has 1 aromatic heterocycles. The van der Waals surface area contributed by atoms with Crippen molar-refractivity contribution in [2.24, 2.45) is 0 Å². The van der Waals surface area contributed by atoms with Gasteiger partial charge in [-0.3, -0.25) is 4.79 Å². The first kappa shape index (κ1) is 18.9. The number of carboxylic acids is 1. The van der Waals surface area contributed by atoms with E-state index in [2.05, 4.69) is 0 Å². The Kier molecular flexibility index (Phi) is 6.00. The topological polar surface area (TPSA) is 95.0 Å². The second-order valence-corrected chi connectivity index (χ2v) is 9.21. The molecule has 0 aliphatic carbocycles. The van der Waals surface area contributed by atoms with E-state index in [9.17, 15) is 18.0 Å². The minimum atomic E-state index is -3.49. The molecule has 1 amide bonds. The van der Waals surface area contributed by atoms with Crippen LogP contribution in [0.5, 0.6) is 0 Å². The molecule has 1 saturated heterocycles. The van der Waals surface area contributed by atoms with Crippen molar-refractivity contribution in [3.05, 3.63) is 17.0 Å². The molecule has 1 fully saturated rings. The van der Waals surface area contributed by atoms with Gasteiger partial charge in [-0.2, -0.15) is 4.31 Å². The van der Waals surface area contributed by atoms with Crippen molar-refractivity contribution in [2.45, 2.75) is 42.9 Å². The van der Waals surface area contributed by atoms with Crippen molar-refractivity contribution >= 4 is 33.2 Å². The van der Waals surface area contributed by atoms with Crippen LogP contribution in [0.1, 0.15) is 31.1 Å². The summed E-state index contributed by atoms with van der Waals surface area (Å²) in [5.41, 5.74) is 0.